The molecule has 1 aliphatic rings. The van der Waals surface area contributed by atoms with E-state index in [1.54, 1.807) is 24.0 Å². The van der Waals surface area contributed by atoms with E-state index in [0.717, 1.165) is 41.3 Å². The number of sulfonamides is 1. The second kappa shape index (κ2) is 12.7. The minimum atomic E-state index is -3.50. The van der Waals surface area contributed by atoms with Gasteiger partial charge in [0.25, 0.3) is 0 Å². The Labute approximate surface area is 223 Å². The number of hydrogen-bond acceptors (Lipinski definition) is 4. The van der Waals surface area contributed by atoms with E-state index in [0.29, 0.717) is 18.7 Å². The Morgan fingerprint density at radius 3 is 2.25 bits per heavy atom. The molecule has 1 fully saturated rings. The van der Waals surface area contributed by atoms with Gasteiger partial charge in [-0.2, -0.15) is 0 Å². The lowest BCUT2D eigenvalue weighted by molar-refractivity contribution is -0.141. The molecule has 3 rings (SSSR count). The number of halogens is 1. The Morgan fingerprint density at radius 2 is 1.67 bits per heavy atom. The summed E-state index contributed by atoms with van der Waals surface area (Å²) in [7, 11) is -3.50. The number of aryl methyl sites for hydroxylation is 1. The smallest absolute Gasteiger partial charge is 0.242 e. The van der Waals surface area contributed by atoms with Gasteiger partial charge < -0.3 is 10.2 Å². The van der Waals surface area contributed by atoms with Crippen molar-refractivity contribution in [2.24, 2.45) is 0 Å². The third kappa shape index (κ3) is 8.06. The zero-order valence-electron chi connectivity index (χ0n) is 21.2. The molecule has 1 N–H and O–H groups in total. The first-order valence-electron chi connectivity index (χ1n) is 12.4. The van der Waals surface area contributed by atoms with Crippen LogP contribution in [0.3, 0.4) is 0 Å². The Hall–Kier alpha value is -2.39. The molecule has 2 amide bonds. The van der Waals surface area contributed by atoms with E-state index in [1.807, 2.05) is 43.3 Å². The Morgan fingerprint density at radius 1 is 1.06 bits per heavy atom. The van der Waals surface area contributed by atoms with Gasteiger partial charge in [-0.3, -0.25) is 13.9 Å². The summed E-state index contributed by atoms with van der Waals surface area (Å²) in [5, 5.41) is 3.10. The number of amides is 2. The standard InChI is InChI=1S/C27H36BrN3O4S/c1-20-10-16-25(17-11-20)31(36(3,34)35)18-6-9-26(32)30(19-22-12-14-23(28)15-13-22)21(2)27(33)29-24-7-4-5-8-24/h10-17,21,24H,4-9,18-19H2,1-3H3,(H,29,33). The molecule has 2 aromatic carbocycles. The minimum Gasteiger partial charge on any atom is -0.352 e. The third-order valence-electron chi connectivity index (χ3n) is 6.61. The van der Waals surface area contributed by atoms with E-state index in [2.05, 4.69) is 21.2 Å². The maximum Gasteiger partial charge on any atom is 0.242 e. The van der Waals surface area contributed by atoms with Gasteiger partial charge >= 0.3 is 0 Å². The van der Waals surface area contributed by atoms with Crippen LogP contribution in [0, 0.1) is 6.92 Å². The molecule has 0 radical (unpaired) electrons. The Balaban J connectivity index is 1.70. The van der Waals surface area contributed by atoms with Gasteiger partial charge in [-0.1, -0.05) is 58.6 Å². The van der Waals surface area contributed by atoms with Crippen molar-refractivity contribution < 1.29 is 18.0 Å². The van der Waals surface area contributed by atoms with Crippen LogP contribution in [0.2, 0.25) is 0 Å². The van der Waals surface area contributed by atoms with Crippen LogP contribution in [0.25, 0.3) is 0 Å². The molecule has 0 bridgehead atoms. The number of rotatable bonds is 11. The summed E-state index contributed by atoms with van der Waals surface area (Å²) in [4.78, 5) is 28.0. The van der Waals surface area contributed by atoms with Gasteiger partial charge in [-0.25, -0.2) is 8.42 Å². The van der Waals surface area contributed by atoms with Crippen LogP contribution in [0.15, 0.2) is 53.0 Å². The van der Waals surface area contributed by atoms with Crippen molar-refractivity contribution in [3.05, 3.63) is 64.1 Å². The van der Waals surface area contributed by atoms with E-state index in [-0.39, 0.29) is 30.8 Å². The molecule has 0 aliphatic heterocycles. The van der Waals surface area contributed by atoms with Crippen LogP contribution in [-0.2, 0) is 26.2 Å². The lowest BCUT2D eigenvalue weighted by Gasteiger charge is -2.30. The van der Waals surface area contributed by atoms with Crippen LogP contribution in [0.4, 0.5) is 5.69 Å². The molecule has 196 valence electrons. The molecular weight excluding hydrogens is 542 g/mol. The monoisotopic (exact) mass is 577 g/mol. The highest BCUT2D eigenvalue weighted by atomic mass is 79.9. The molecule has 0 aromatic heterocycles. The van der Waals surface area contributed by atoms with Crippen molar-refractivity contribution in [2.75, 3.05) is 17.1 Å². The number of anilines is 1. The second-order valence-corrected chi connectivity index (χ2v) is 12.4. The maximum atomic E-state index is 13.4. The molecule has 36 heavy (non-hydrogen) atoms. The fraction of sp³-hybridized carbons (Fsp3) is 0.481. The van der Waals surface area contributed by atoms with Gasteiger partial charge in [0.1, 0.15) is 6.04 Å². The minimum absolute atomic E-state index is 0.134. The van der Waals surface area contributed by atoms with Crippen LogP contribution in [0.1, 0.15) is 56.6 Å². The number of nitrogens with zero attached hydrogens (tertiary/aromatic N) is 2. The zero-order chi connectivity index (χ0) is 26.3. The van der Waals surface area contributed by atoms with Gasteiger partial charge in [0, 0.05) is 30.0 Å². The zero-order valence-corrected chi connectivity index (χ0v) is 23.6. The molecular formula is C27H36BrN3O4S. The first-order chi connectivity index (χ1) is 17.0. The number of nitrogens with one attached hydrogen (secondary N) is 1. The van der Waals surface area contributed by atoms with E-state index in [1.165, 1.54) is 10.6 Å². The highest BCUT2D eigenvalue weighted by Crippen LogP contribution is 2.21. The van der Waals surface area contributed by atoms with Crippen molar-refractivity contribution in [3.63, 3.8) is 0 Å². The normalized spacial score (nSPS) is 14.9. The van der Waals surface area contributed by atoms with Gasteiger partial charge in [-0.15, -0.1) is 0 Å². The summed E-state index contributed by atoms with van der Waals surface area (Å²) >= 11 is 3.43. The van der Waals surface area contributed by atoms with Gasteiger partial charge in [-0.05, 0) is 62.9 Å². The molecule has 1 aliphatic carbocycles. The molecule has 1 saturated carbocycles. The number of carbonyl (C=O) groups excluding carboxylic acids is 2. The van der Waals surface area contributed by atoms with Crippen LogP contribution in [-0.4, -0.2) is 50.0 Å². The quantitative estimate of drug-likeness (QED) is 0.416. The van der Waals surface area contributed by atoms with Crippen LogP contribution < -0.4 is 9.62 Å². The van der Waals surface area contributed by atoms with Crippen molar-refractivity contribution in [1.82, 2.24) is 10.2 Å². The summed E-state index contributed by atoms with van der Waals surface area (Å²) in [6, 6.07) is 14.5. The van der Waals surface area contributed by atoms with Gasteiger partial charge in [0.2, 0.25) is 21.8 Å². The van der Waals surface area contributed by atoms with Crippen molar-refractivity contribution in [3.8, 4) is 0 Å². The average molecular weight is 579 g/mol. The van der Waals surface area contributed by atoms with Gasteiger partial charge in [0.05, 0.1) is 11.9 Å². The van der Waals surface area contributed by atoms with Crippen molar-refractivity contribution in [1.29, 1.82) is 0 Å². The number of hydrogen-bond donors (Lipinski definition) is 1. The molecule has 7 nitrogen and oxygen atoms in total. The lowest BCUT2D eigenvalue weighted by atomic mass is 10.1. The molecule has 9 heteroatoms. The lowest BCUT2D eigenvalue weighted by Crippen LogP contribution is -2.49. The molecule has 1 unspecified atom stereocenters. The number of carbonyl (C=O) groups is 2. The Kier molecular flexibility index (Phi) is 9.96. The predicted molar refractivity (Wildman–Crippen MR) is 147 cm³/mol. The maximum absolute atomic E-state index is 13.4. The van der Waals surface area contributed by atoms with Gasteiger partial charge in [0.15, 0.2) is 0 Å². The predicted octanol–water partition coefficient (Wildman–Crippen LogP) is 4.78. The van der Waals surface area contributed by atoms with E-state index < -0.39 is 16.1 Å². The topological polar surface area (TPSA) is 86.8 Å². The summed E-state index contributed by atoms with van der Waals surface area (Å²) in [6.07, 6.45) is 5.81. The SMILES string of the molecule is Cc1ccc(N(CCCC(=O)N(Cc2ccc(Br)cc2)C(C)C(=O)NC2CCCC2)S(C)(=O)=O)cc1. The highest BCUT2D eigenvalue weighted by Gasteiger charge is 2.28. The summed E-state index contributed by atoms with van der Waals surface area (Å²) in [5.74, 6) is -0.325. The molecule has 0 spiro atoms. The largest absolute Gasteiger partial charge is 0.352 e. The van der Waals surface area contributed by atoms with Crippen molar-refractivity contribution in [2.45, 2.75) is 71.0 Å². The van der Waals surface area contributed by atoms with Crippen molar-refractivity contribution >= 4 is 43.5 Å². The van der Waals surface area contributed by atoms with E-state index >= 15 is 0 Å². The molecule has 0 heterocycles. The van der Waals surface area contributed by atoms with Crippen LogP contribution in [0.5, 0.6) is 0 Å². The first kappa shape index (κ1) is 28.2. The number of benzene rings is 2. The van der Waals surface area contributed by atoms with E-state index in [4.69, 9.17) is 0 Å². The first-order valence-corrected chi connectivity index (χ1v) is 15.1. The molecule has 2 aromatic rings. The fourth-order valence-electron chi connectivity index (χ4n) is 4.48. The summed E-state index contributed by atoms with van der Waals surface area (Å²) < 4.78 is 27.1. The fourth-order valence-corrected chi connectivity index (χ4v) is 5.71. The van der Waals surface area contributed by atoms with E-state index in [9.17, 15) is 18.0 Å². The van der Waals surface area contributed by atoms with Crippen LogP contribution >= 0.6 is 15.9 Å². The average Bonchev–Trinajstić information content (AvgIpc) is 3.34. The highest BCUT2D eigenvalue weighted by molar-refractivity contribution is 9.10. The Bertz CT molecular complexity index is 1130. The molecule has 0 saturated heterocycles. The summed E-state index contributed by atoms with van der Waals surface area (Å²) in [5.41, 5.74) is 2.53. The third-order valence-corrected chi connectivity index (χ3v) is 8.33. The summed E-state index contributed by atoms with van der Waals surface area (Å²) in [6.45, 7) is 4.19. The second-order valence-electron chi connectivity index (χ2n) is 9.59. The molecule has 1 atom stereocenters.